The summed E-state index contributed by atoms with van der Waals surface area (Å²) in [5, 5.41) is 17.1. The third-order valence-electron chi connectivity index (χ3n) is 3.29. The van der Waals surface area contributed by atoms with Gasteiger partial charge in [-0.1, -0.05) is 0 Å². The molecule has 0 aliphatic heterocycles. The van der Waals surface area contributed by atoms with E-state index in [9.17, 15) is 24.3 Å². The smallest absolute Gasteiger partial charge is 0.337 e. The number of halogens is 3. The number of likely N-dealkylation sites (N-methyl/N-ethyl adjacent to an activating group) is 1. The number of carbonyl (C=O) groups excluding carboxylic acids is 3. The number of carboxylic acids is 1. The summed E-state index contributed by atoms with van der Waals surface area (Å²) in [6.07, 6.45) is 0. The minimum atomic E-state index is -1.24. The SMILES string of the molecule is CNC(=O)C(C)NC(=O)c1c(I)c(NC(=O)COC)c(I)c(C(=O)O)c1I. The van der Waals surface area contributed by atoms with Gasteiger partial charge in [0.1, 0.15) is 12.6 Å². The van der Waals surface area contributed by atoms with Gasteiger partial charge in [-0.2, -0.15) is 0 Å². The van der Waals surface area contributed by atoms with Gasteiger partial charge in [-0.15, -0.1) is 0 Å². The van der Waals surface area contributed by atoms with Crippen LogP contribution in [0.15, 0.2) is 0 Å². The van der Waals surface area contributed by atoms with Crippen molar-refractivity contribution in [1.29, 1.82) is 0 Å². The number of hydrogen-bond acceptors (Lipinski definition) is 5. The number of hydrogen-bond donors (Lipinski definition) is 4. The number of anilines is 1. The number of amides is 3. The molecule has 0 aliphatic rings. The third-order valence-corrected chi connectivity index (χ3v) is 6.52. The predicted molar refractivity (Wildman–Crippen MR) is 123 cm³/mol. The van der Waals surface area contributed by atoms with E-state index in [1.807, 2.05) is 45.2 Å². The van der Waals surface area contributed by atoms with E-state index in [1.165, 1.54) is 21.1 Å². The average Bonchev–Trinajstić information content (AvgIpc) is 2.57. The Balaban J connectivity index is 3.52. The highest BCUT2D eigenvalue weighted by atomic mass is 127. The van der Waals surface area contributed by atoms with E-state index in [0.717, 1.165) is 0 Å². The van der Waals surface area contributed by atoms with Gasteiger partial charge in [-0.3, -0.25) is 14.4 Å². The van der Waals surface area contributed by atoms with Crippen molar-refractivity contribution in [2.45, 2.75) is 13.0 Å². The van der Waals surface area contributed by atoms with E-state index in [0.29, 0.717) is 3.57 Å². The fraction of sp³-hybridized carbons (Fsp3) is 0.333. The quantitative estimate of drug-likeness (QED) is 0.318. The molecule has 27 heavy (non-hydrogen) atoms. The Morgan fingerprint density at radius 3 is 2.11 bits per heavy atom. The monoisotopic (exact) mass is 715 g/mol. The standard InChI is InChI=1S/C15H16I3N3O6/c1-5(13(23)19-2)20-14(24)7-9(16)8(15(25)26)11(18)12(10(7)17)21-6(22)4-27-3/h5H,4H2,1-3H3,(H,19,23)(H,20,24)(H,21,22)(H,25,26). The molecule has 1 atom stereocenters. The fourth-order valence-corrected chi connectivity index (χ4v) is 6.41. The number of benzene rings is 1. The van der Waals surface area contributed by atoms with Gasteiger partial charge >= 0.3 is 5.97 Å². The van der Waals surface area contributed by atoms with Crippen LogP contribution in [0.4, 0.5) is 5.69 Å². The maximum absolute atomic E-state index is 12.7. The molecular weight excluding hydrogens is 699 g/mol. The van der Waals surface area contributed by atoms with Crippen molar-refractivity contribution >= 4 is 97.2 Å². The Morgan fingerprint density at radius 2 is 1.63 bits per heavy atom. The van der Waals surface area contributed by atoms with E-state index in [-0.39, 0.29) is 30.6 Å². The van der Waals surface area contributed by atoms with Crippen LogP contribution in [0.25, 0.3) is 0 Å². The molecular formula is C15H16I3N3O6. The molecule has 0 aliphatic carbocycles. The molecule has 3 amide bonds. The molecule has 0 fully saturated rings. The molecule has 1 aromatic carbocycles. The first-order valence-corrected chi connectivity index (χ1v) is 10.5. The zero-order valence-electron chi connectivity index (χ0n) is 14.4. The molecule has 1 unspecified atom stereocenters. The summed E-state index contributed by atoms with van der Waals surface area (Å²) < 4.78 is 5.62. The van der Waals surface area contributed by atoms with Gasteiger partial charge < -0.3 is 25.8 Å². The molecule has 0 radical (unpaired) electrons. The first kappa shape index (κ1) is 24.3. The molecule has 0 heterocycles. The van der Waals surface area contributed by atoms with Crippen molar-refractivity contribution in [2.24, 2.45) is 0 Å². The van der Waals surface area contributed by atoms with Crippen LogP contribution in [0.2, 0.25) is 0 Å². The third kappa shape index (κ3) is 5.86. The van der Waals surface area contributed by atoms with Crippen LogP contribution in [0.5, 0.6) is 0 Å². The fourth-order valence-electron chi connectivity index (χ4n) is 2.02. The summed E-state index contributed by atoms with van der Waals surface area (Å²) in [4.78, 5) is 48.0. The van der Waals surface area contributed by atoms with Crippen LogP contribution in [0.3, 0.4) is 0 Å². The van der Waals surface area contributed by atoms with Crippen LogP contribution in [-0.2, 0) is 14.3 Å². The normalized spacial score (nSPS) is 11.5. The van der Waals surface area contributed by atoms with Crippen molar-refractivity contribution < 1.29 is 29.0 Å². The van der Waals surface area contributed by atoms with E-state index >= 15 is 0 Å². The van der Waals surface area contributed by atoms with Gasteiger partial charge in [0.15, 0.2) is 0 Å². The molecule has 0 bridgehead atoms. The molecule has 1 aromatic rings. The predicted octanol–water partition coefficient (Wildman–Crippen LogP) is 1.65. The minimum Gasteiger partial charge on any atom is -0.478 e. The lowest BCUT2D eigenvalue weighted by atomic mass is 10.1. The first-order chi connectivity index (χ1) is 12.6. The van der Waals surface area contributed by atoms with Crippen molar-refractivity contribution in [1.82, 2.24) is 10.6 Å². The highest BCUT2D eigenvalue weighted by Crippen LogP contribution is 2.35. The molecule has 4 N–H and O–H groups in total. The van der Waals surface area contributed by atoms with Crippen LogP contribution < -0.4 is 16.0 Å². The highest BCUT2D eigenvalue weighted by molar-refractivity contribution is 14.1. The number of carboxylic acid groups (broad SMARTS) is 1. The zero-order chi connectivity index (χ0) is 20.9. The Morgan fingerprint density at radius 1 is 1.07 bits per heavy atom. The van der Waals surface area contributed by atoms with Crippen molar-refractivity contribution in [3.05, 3.63) is 21.8 Å². The number of carbonyl (C=O) groups is 4. The summed E-state index contributed by atoms with van der Waals surface area (Å²) in [5.41, 5.74) is 0.161. The molecule has 1 rings (SSSR count). The van der Waals surface area contributed by atoms with Crippen LogP contribution >= 0.6 is 67.8 Å². The second-order valence-corrected chi connectivity index (χ2v) is 8.40. The van der Waals surface area contributed by atoms with Crippen LogP contribution in [0.1, 0.15) is 27.6 Å². The Labute approximate surface area is 196 Å². The Hall–Kier alpha value is -0.750. The second-order valence-electron chi connectivity index (χ2n) is 5.16. The first-order valence-electron chi connectivity index (χ1n) is 7.31. The Bertz CT molecular complexity index is 800. The maximum Gasteiger partial charge on any atom is 0.337 e. The lowest BCUT2D eigenvalue weighted by Crippen LogP contribution is -2.44. The van der Waals surface area contributed by atoms with Crippen molar-refractivity contribution in [3.8, 4) is 0 Å². The van der Waals surface area contributed by atoms with E-state index in [1.54, 1.807) is 22.6 Å². The van der Waals surface area contributed by atoms with Gasteiger partial charge in [0.25, 0.3) is 5.91 Å². The number of aromatic carboxylic acids is 1. The lowest BCUT2D eigenvalue weighted by Gasteiger charge is -2.19. The minimum absolute atomic E-state index is 0.0671. The van der Waals surface area contributed by atoms with Gasteiger partial charge in [0, 0.05) is 17.7 Å². The summed E-state index contributed by atoms with van der Waals surface area (Å²) in [6, 6.07) is -0.826. The number of rotatable bonds is 7. The van der Waals surface area contributed by atoms with E-state index in [4.69, 9.17) is 4.74 Å². The zero-order valence-corrected chi connectivity index (χ0v) is 20.9. The van der Waals surface area contributed by atoms with Crippen LogP contribution in [0, 0.1) is 10.7 Å². The average molecular weight is 715 g/mol. The summed E-state index contributed by atoms with van der Waals surface area (Å²) in [7, 11) is 2.79. The van der Waals surface area contributed by atoms with Gasteiger partial charge in [0.2, 0.25) is 11.8 Å². The van der Waals surface area contributed by atoms with Gasteiger partial charge in [-0.05, 0) is 74.7 Å². The molecule has 12 heteroatoms. The van der Waals surface area contributed by atoms with Gasteiger partial charge in [-0.25, -0.2) is 4.79 Å². The highest BCUT2D eigenvalue weighted by Gasteiger charge is 2.29. The molecule has 9 nitrogen and oxygen atoms in total. The van der Waals surface area contributed by atoms with Crippen LogP contribution in [-0.4, -0.2) is 55.6 Å². The molecule has 0 saturated heterocycles. The summed E-state index contributed by atoms with van der Waals surface area (Å²) in [6.45, 7) is 1.28. The summed E-state index contributed by atoms with van der Waals surface area (Å²) >= 11 is 5.45. The van der Waals surface area contributed by atoms with Gasteiger partial charge in [0.05, 0.1) is 24.0 Å². The second kappa shape index (κ2) is 10.7. The largest absolute Gasteiger partial charge is 0.478 e. The number of nitrogens with one attached hydrogen (secondary N) is 3. The Kier molecular flexibility index (Phi) is 9.63. The summed E-state index contributed by atoms with van der Waals surface area (Å²) in [5.74, 6) is -2.75. The maximum atomic E-state index is 12.7. The number of methoxy groups -OCH3 is 1. The van der Waals surface area contributed by atoms with E-state index in [2.05, 4.69) is 16.0 Å². The molecule has 148 valence electrons. The molecule has 0 aromatic heterocycles. The number of ether oxygens (including phenoxy) is 1. The van der Waals surface area contributed by atoms with E-state index < -0.39 is 29.7 Å². The molecule has 0 saturated carbocycles. The topological polar surface area (TPSA) is 134 Å². The lowest BCUT2D eigenvalue weighted by molar-refractivity contribution is -0.122. The van der Waals surface area contributed by atoms with Crippen molar-refractivity contribution in [2.75, 3.05) is 26.1 Å². The molecule has 0 spiro atoms. The van der Waals surface area contributed by atoms with Crippen molar-refractivity contribution in [3.63, 3.8) is 0 Å².